The SMILES string of the molecule is CCCCc1nc2c(N)nc3ccsc3c2n1Cc1ccc(CN2CCN(CCNC(=O)OCc3ccc(NC(=O)[C@H](CCCNC(N)=O)NC(O)[C@@H](CCCC(=O)CCOCCOCCOCCN4C(=O)C=CC4=O)C(C)C)cc3)CC2)cc1. The molecule has 23 nitrogen and oxygen atoms in total. The third-order valence-corrected chi connectivity index (χ3v) is 16.1. The van der Waals surface area contributed by atoms with Crippen molar-refractivity contribution in [2.45, 2.75) is 111 Å². The number of nitrogen functional groups attached to an aromatic ring is 1. The van der Waals surface area contributed by atoms with Crippen molar-refractivity contribution in [3.05, 3.63) is 94.6 Å². The van der Waals surface area contributed by atoms with E-state index < -0.39 is 24.4 Å². The number of nitrogens with zero attached hydrogens (tertiary/aromatic N) is 6. The molecular formula is C61H86N12O11S. The Hall–Kier alpha value is -6.90. The molecule has 462 valence electrons. The van der Waals surface area contributed by atoms with Gasteiger partial charge in [0.15, 0.2) is 5.82 Å². The molecule has 2 aromatic carbocycles. The molecule has 2 aliphatic heterocycles. The number of aliphatic hydroxyl groups excluding tert-OH is 1. The molecule has 6 amide bonds. The van der Waals surface area contributed by atoms with E-state index in [1.54, 1.807) is 35.6 Å². The van der Waals surface area contributed by atoms with E-state index >= 15 is 0 Å². The Bertz CT molecular complexity index is 2960. The summed E-state index contributed by atoms with van der Waals surface area (Å²) >= 11 is 1.68. The molecule has 0 bridgehead atoms. The number of unbranched alkanes of at least 4 members (excludes halogenated alkanes) is 1. The van der Waals surface area contributed by atoms with Gasteiger partial charge in [-0.3, -0.25) is 39.2 Å². The highest BCUT2D eigenvalue weighted by atomic mass is 32.1. The average Bonchev–Trinajstić information content (AvgIpc) is 2.09. The smallest absolute Gasteiger partial charge is 0.407 e. The van der Waals surface area contributed by atoms with Gasteiger partial charge in [0, 0.05) is 102 Å². The fourth-order valence-electron chi connectivity index (χ4n) is 10.3. The van der Waals surface area contributed by atoms with E-state index in [9.17, 15) is 33.9 Å². The number of carbonyl (C=O) groups excluding carboxylic acids is 6. The number of carbonyl (C=O) groups is 6. The summed E-state index contributed by atoms with van der Waals surface area (Å²) in [6.07, 6.45) is 6.22. The molecule has 1 fully saturated rings. The van der Waals surface area contributed by atoms with Gasteiger partial charge in [-0.1, -0.05) is 63.6 Å². The molecule has 5 heterocycles. The first kappa shape index (κ1) is 65.6. The zero-order chi connectivity index (χ0) is 60.5. The van der Waals surface area contributed by atoms with Gasteiger partial charge < -0.3 is 56.0 Å². The van der Waals surface area contributed by atoms with E-state index in [-0.39, 0.29) is 81.1 Å². The van der Waals surface area contributed by atoms with Crippen molar-refractivity contribution < 1.29 is 52.8 Å². The Morgan fingerprint density at radius 2 is 1.40 bits per heavy atom. The summed E-state index contributed by atoms with van der Waals surface area (Å²) in [5.41, 5.74) is 18.1. The molecule has 2 aliphatic rings. The van der Waals surface area contributed by atoms with Crippen molar-refractivity contribution in [1.82, 2.24) is 45.2 Å². The number of urea groups is 1. The van der Waals surface area contributed by atoms with Crippen molar-refractivity contribution >= 4 is 79.7 Å². The lowest BCUT2D eigenvalue weighted by Crippen LogP contribution is -2.50. The minimum Gasteiger partial charge on any atom is -0.445 e. The number of alkyl carbamates (subject to hydrolysis) is 1. The summed E-state index contributed by atoms with van der Waals surface area (Å²) in [5.74, 6) is 0.231. The van der Waals surface area contributed by atoms with Gasteiger partial charge in [0.05, 0.1) is 68.0 Å². The van der Waals surface area contributed by atoms with E-state index in [1.165, 1.54) is 23.3 Å². The zero-order valence-electron chi connectivity index (χ0n) is 49.4. The van der Waals surface area contributed by atoms with Crippen LogP contribution in [0.25, 0.3) is 21.3 Å². The number of aryl methyl sites for hydroxylation is 1. The summed E-state index contributed by atoms with van der Waals surface area (Å²) < 4.78 is 25.4. The normalized spacial score (nSPS) is 15.0. The summed E-state index contributed by atoms with van der Waals surface area (Å²) in [6.45, 7) is 14.7. The van der Waals surface area contributed by atoms with Crippen LogP contribution in [0.15, 0.2) is 72.1 Å². The Labute approximate surface area is 501 Å². The number of ketones is 1. The van der Waals surface area contributed by atoms with Crippen LogP contribution in [0.3, 0.4) is 0 Å². The quantitative estimate of drug-likeness (QED) is 0.0142. The summed E-state index contributed by atoms with van der Waals surface area (Å²) in [4.78, 5) is 89.1. The van der Waals surface area contributed by atoms with Crippen LogP contribution in [0, 0.1) is 11.8 Å². The molecule has 7 rings (SSSR count). The minimum atomic E-state index is -1.07. The monoisotopic (exact) mass is 1190 g/mol. The minimum absolute atomic E-state index is 0.0212. The molecule has 9 N–H and O–H groups in total. The second-order valence-electron chi connectivity index (χ2n) is 21.9. The summed E-state index contributed by atoms with van der Waals surface area (Å²) in [5, 5.41) is 25.0. The van der Waals surface area contributed by atoms with Crippen molar-refractivity contribution in [3.63, 3.8) is 0 Å². The molecule has 0 spiro atoms. The first-order valence-corrected chi connectivity index (χ1v) is 30.6. The van der Waals surface area contributed by atoms with Gasteiger partial charge in [0.2, 0.25) is 5.91 Å². The largest absolute Gasteiger partial charge is 0.445 e. The molecule has 24 heteroatoms. The number of aromatic nitrogens is 3. The highest BCUT2D eigenvalue weighted by Crippen LogP contribution is 2.33. The number of hydrogen-bond donors (Lipinski definition) is 7. The lowest BCUT2D eigenvalue weighted by Gasteiger charge is -2.34. The third kappa shape index (κ3) is 20.9. The van der Waals surface area contributed by atoms with Gasteiger partial charge in [-0.25, -0.2) is 19.6 Å². The number of ether oxygens (including phenoxy) is 4. The number of amides is 6. The number of aliphatic hydroxyl groups is 1. The molecule has 1 unspecified atom stereocenters. The molecule has 1 saturated heterocycles. The van der Waals surface area contributed by atoms with Crippen LogP contribution in [-0.4, -0.2) is 174 Å². The average molecular weight is 1200 g/mol. The fraction of sp³-hybridized carbons (Fsp3) is 0.541. The lowest BCUT2D eigenvalue weighted by atomic mass is 9.88. The highest BCUT2D eigenvalue weighted by molar-refractivity contribution is 7.18. The molecule has 5 aromatic rings. The second kappa shape index (κ2) is 34.3. The number of fused-ring (bicyclic) bond motifs is 3. The van der Waals surface area contributed by atoms with Crippen LogP contribution in [0.5, 0.6) is 0 Å². The number of anilines is 2. The molecule has 0 saturated carbocycles. The van der Waals surface area contributed by atoms with Gasteiger partial charge in [-0.05, 0) is 78.3 Å². The Morgan fingerprint density at radius 1 is 0.741 bits per heavy atom. The first-order chi connectivity index (χ1) is 41.1. The van der Waals surface area contributed by atoms with Crippen LogP contribution in [-0.2, 0) is 64.2 Å². The molecule has 3 atom stereocenters. The Balaban J connectivity index is 0.756. The number of piperazine rings is 1. The molecule has 0 aliphatic carbocycles. The molecule has 85 heavy (non-hydrogen) atoms. The van der Waals surface area contributed by atoms with Gasteiger partial charge >= 0.3 is 12.1 Å². The van der Waals surface area contributed by atoms with Crippen LogP contribution >= 0.6 is 11.3 Å². The van der Waals surface area contributed by atoms with Crippen molar-refractivity contribution in [2.75, 3.05) is 103 Å². The van der Waals surface area contributed by atoms with E-state index in [4.69, 9.17) is 35.4 Å². The van der Waals surface area contributed by atoms with E-state index in [0.29, 0.717) is 83.3 Å². The van der Waals surface area contributed by atoms with Gasteiger partial charge in [0.25, 0.3) is 11.8 Å². The number of nitrogens with two attached hydrogens (primary N) is 2. The maximum absolute atomic E-state index is 13.7. The number of Topliss-reactive ketones (excluding diaryl/α,β-unsaturated/α-hetero) is 1. The van der Waals surface area contributed by atoms with Gasteiger partial charge in [0.1, 0.15) is 30.0 Å². The predicted molar refractivity (Wildman–Crippen MR) is 326 cm³/mol. The number of nitrogens with one attached hydrogen (secondary N) is 4. The van der Waals surface area contributed by atoms with E-state index in [1.807, 2.05) is 19.9 Å². The zero-order valence-corrected chi connectivity index (χ0v) is 50.2. The van der Waals surface area contributed by atoms with Crippen LogP contribution in [0.4, 0.5) is 21.1 Å². The number of thiophene rings is 1. The third-order valence-electron chi connectivity index (χ3n) is 15.2. The number of hydrogen-bond acceptors (Lipinski definition) is 18. The van der Waals surface area contributed by atoms with E-state index in [0.717, 1.165) is 89.5 Å². The van der Waals surface area contributed by atoms with Crippen LogP contribution in [0.1, 0.15) is 94.7 Å². The topological polar surface area (TPSA) is 300 Å². The summed E-state index contributed by atoms with van der Waals surface area (Å²) in [6, 6.07) is 16.4. The lowest BCUT2D eigenvalue weighted by molar-refractivity contribution is -0.137. The number of imide groups is 1. The van der Waals surface area contributed by atoms with Crippen LogP contribution in [0.2, 0.25) is 0 Å². The number of primary amides is 1. The predicted octanol–water partition coefficient (Wildman–Crippen LogP) is 5.70. The van der Waals surface area contributed by atoms with Crippen molar-refractivity contribution in [2.24, 2.45) is 17.6 Å². The van der Waals surface area contributed by atoms with Crippen molar-refractivity contribution in [1.29, 1.82) is 0 Å². The first-order valence-electron chi connectivity index (χ1n) is 29.8. The second-order valence-corrected chi connectivity index (χ2v) is 22.8. The highest BCUT2D eigenvalue weighted by Gasteiger charge is 2.29. The molecule has 0 radical (unpaired) electrons. The van der Waals surface area contributed by atoms with Gasteiger partial charge in [-0.15, -0.1) is 11.3 Å². The van der Waals surface area contributed by atoms with Crippen LogP contribution < -0.4 is 32.7 Å². The standard InChI is InChI=1S/C61H86N12O11S/c1-4-5-11-51-69-54-55(56-49(23-38-85-56)67-57(54)62)73(51)40-44-14-12-43(13-15-44)39-71-29-27-70(28-30-71)26-25-65-61(80)84-41-45-16-18-46(19-17-45)66-59(78)50(10-7-24-64-60(63)79)68-58(77)48(42(2)3)9-6-8-47(74)22-32-81-34-36-83-37-35-82-33-31-72-52(75)20-21-53(72)76/h12-21,23,38,42,48,50,58,68,77H,4-11,22,24-37,39-41H2,1-3H3,(H2,62,67)(H,65,80)(H,66,78)(H3,63,64,79)/t48-,50-,58?/m0/s1. The number of pyridine rings is 1. The Kier molecular flexibility index (Phi) is 26.5. The molecular weight excluding hydrogens is 1110 g/mol. The number of rotatable bonds is 38. The molecule has 3 aromatic heterocycles. The Morgan fingerprint density at radius 3 is 2.08 bits per heavy atom. The maximum atomic E-state index is 13.7. The number of imidazole rings is 1. The summed E-state index contributed by atoms with van der Waals surface area (Å²) in [7, 11) is 0. The van der Waals surface area contributed by atoms with Gasteiger partial charge in [-0.2, -0.15) is 0 Å². The number of benzene rings is 2. The van der Waals surface area contributed by atoms with E-state index in [2.05, 4.69) is 77.2 Å². The van der Waals surface area contributed by atoms with Crippen molar-refractivity contribution in [3.8, 4) is 0 Å². The maximum Gasteiger partial charge on any atom is 0.407 e. The fourth-order valence-corrected chi connectivity index (χ4v) is 11.2.